The molecule has 182 valence electrons. The normalized spacial score (nSPS) is 19.6. The van der Waals surface area contributed by atoms with Crippen molar-refractivity contribution in [2.24, 2.45) is 7.05 Å². The number of aryl methyl sites for hydroxylation is 3. The van der Waals surface area contributed by atoms with Gasteiger partial charge < -0.3 is 4.42 Å². The number of fused-ring (bicyclic) bond motifs is 7. The van der Waals surface area contributed by atoms with E-state index in [2.05, 4.69) is 0 Å². The van der Waals surface area contributed by atoms with E-state index in [1.807, 2.05) is 55.5 Å². The van der Waals surface area contributed by atoms with Crippen molar-refractivity contribution in [3.05, 3.63) is 88.6 Å². The molecule has 0 bridgehead atoms. The SMILES string of the molecule is [2H]C([2H])([2H])CC1(CC([2H])([2H])[2H])c2ccccc2-c2c1ccc1c2oc2c(-c3cc(C([2H])(C)C)c(C([2H])([2H])[2H])c[n+]3C)c(C)ccc21. The largest absolute Gasteiger partial charge is 0.454 e. The number of hydrogen-bond acceptors (Lipinski definition) is 1. The molecule has 1 aliphatic carbocycles. The Labute approximate surface area is 228 Å². The lowest BCUT2D eigenvalue weighted by Crippen LogP contribution is -2.32. The van der Waals surface area contributed by atoms with Crippen LogP contribution in [0.15, 0.2) is 65.2 Å². The van der Waals surface area contributed by atoms with Crippen molar-refractivity contribution in [1.29, 1.82) is 0 Å². The molecule has 0 saturated heterocycles. The van der Waals surface area contributed by atoms with Crippen LogP contribution in [-0.4, -0.2) is 0 Å². The van der Waals surface area contributed by atoms with Crippen molar-refractivity contribution in [2.45, 2.75) is 65.5 Å². The van der Waals surface area contributed by atoms with Crippen LogP contribution >= 0.6 is 0 Å². The summed E-state index contributed by atoms with van der Waals surface area (Å²) in [5, 5.41) is 1.61. The summed E-state index contributed by atoms with van der Waals surface area (Å²) in [5.74, 6) is -1.19. The number of nitrogens with zero attached hydrogens (tertiary/aromatic N) is 1. The highest BCUT2D eigenvalue weighted by molar-refractivity contribution is 6.14. The highest BCUT2D eigenvalue weighted by Gasteiger charge is 2.42. The van der Waals surface area contributed by atoms with Gasteiger partial charge in [0.25, 0.3) is 0 Å². The zero-order valence-electron chi connectivity index (χ0n) is 31.0. The van der Waals surface area contributed by atoms with Gasteiger partial charge in [0.05, 0.1) is 5.56 Å². The zero-order valence-corrected chi connectivity index (χ0v) is 21.0. The van der Waals surface area contributed by atoms with E-state index in [1.54, 1.807) is 37.7 Å². The third kappa shape index (κ3) is 2.94. The molecule has 2 nitrogen and oxygen atoms in total. The maximum absolute atomic E-state index is 8.78. The number of hydrogen-bond donors (Lipinski definition) is 0. The highest BCUT2D eigenvalue weighted by Crippen LogP contribution is 2.55. The zero-order chi connectivity index (χ0) is 33.8. The molecule has 0 N–H and O–H groups in total. The van der Waals surface area contributed by atoms with Gasteiger partial charge in [0, 0.05) is 47.1 Å². The van der Waals surface area contributed by atoms with E-state index in [1.165, 1.54) is 0 Å². The summed E-state index contributed by atoms with van der Waals surface area (Å²) in [6.45, 7) is -1.92. The van der Waals surface area contributed by atoms with Gasteiger partial charge in [0.15, 0.2) is 6.20 Å². The average molecular weight is 485 g/mol. The minimum atomic E-state index is -2.41. The van der Waals surface area contributed by atoms with Gasteiger partial charge in [-0.05, 0) is 60.3 Å². The molecular weight excluding hydrogens is 438 g/mol. The molecule has 5 aromatic rings. The second kappa shape index (κ2) is 8.06. The van der Waals surface area contributed by atoms with E-state index in [0.29, 0.717) is 39.1 Å². The molecule has 1 aliphatic rings. The van der Waals surface area contributed by atoms with Crippen molar-refractivity contribution in [1.82, 2.24) is 0 Å². The van der Waals surface area contributed by atoms with Gasteiger partial charge in [-0.15, -0.1) is 0 Å². The Kier molecular flexibility index (Phi) is 3.22. The Morgan fingerprint density at radius 1 is 0.917 bits per heavy atom. The number of benzene rings is 3. The van der Waals surface area contributed by atoms with Crippen LogP contribution in [0.4, 0.5) is 0 Å². The van der Waals surface area contributed by atoms with E-state index >= 15 is 0 Å². The fraction of sp³-hybridized carbons (Fsp3) is 0.324. The lowest BCUT2D eigenvalue weighted by Gasteiger charge is -2.29. The molecule has 0 fully saturated rings. The van der Waals surface area contributed by atoms with Gasteiger partial charge in [0.2, 0.25) is 5.69 Å². The predicted molar refractivity (Wildman–Crippen MR) is 151 cm³/mol. The van der Waals surface area contributed by atoms with Crippen molar-refractivity contribution >= 4 is 21.9 Å². The van der Waals surface area contributed by atoms with Crippen LogP contribution in [0.3, 0.4) is 0 Å². The molecular formula is C34H36NO+. The molecule has 2 heterocycles. The molecule has 2 heteroatoms. The van der Waals surface area contributed by atoms with Crippen LogP contribution < -0.4 is 4.57 Å². The summed E-state index contributed by atoms with van der Waals surface area (Å²) in [7, 11) is 1.78. The van der Waals surface area contributed by atoms with Gasteiger partial charge in [-0.3, -0.25) is 0 Å². The summed E-state index contributed by atoms with van der Waals surface area (Å²) in [4.78, 5) is 0. The number of rotatable bonds is 4. The molecule has 36 heavy (non-hydrogen) atoms. The van der Waals surface area contributed by atoms with Gasteiger partial charge in [0.1, 0.15) is 18.2 Å². The first-order valence-electron chi connectivity index (χ1n) is 17.3. The molecule has 0 radical (unpaired) electrons. The Bertz CT molecular complexity index is 2010. The lowest BCUT2D eigenvalue weighted by atomic mass is 9.74. The maximum Gasteiger partial charge on any atom is 0.216 e. The van der Waals surface area contributed by atoms with Crippen LogP contribution in [0.5, 0.6) is 0 Å². The summed E-state index contributed by atoms with van der Waals surface area (Å²) in [6.07, 6.45) is 0.895. The fourth-order valence-corrected chi connectivity index (χ4v) is 6.00. The quantitative estimate of drug-likeness (QED) is 0.233. The van der Waals surface area contributed by atoms with Crippen molar-refractivity contribution in [2.75, 3.05) is 0 Å². The number of pyridine rings is 1. The number of furan rings is 1. The van der Waals surface area contributed by atoms with E-state index in [4.69, 9.17) is 18.1 Å². The third-order valence-electron chi connectivity index (χ3n) is 7.92. The van der Waals surface area contributed by atoms with Crippen LogP contribution in [0, 0.1) is 13.8 Å². The molecule has 0 spiro atoms. The minimum absolute atomic E-state index is 0.113. The second-order valence-electron chi connectivity index (χ2n) is 10.2. The van der Waals surface area contributed by atoms with Crippen molar-refractivity contribution in [3.8, 4) is 22.4 Å². The average Bonchev–Trinajstić information content (AvgIpc) is 3.39. The summed E-state index contributed by atoms with van der Waals surface area (Å²) >= 11 is 0. The Morgan fingerprint density at radius 3 is 2.36 bits per heavy atom. The van der Waals surface area contributed by atoms with Gasteiger partial charge in [-0.2, -0.15) is 0 Å². The van der Waals surface area contributed by atoms with Crippen LogP contribution in [0.2, 0.25) is 0 Å². The molecule has 6 rings (SSSR count). The smallest absolute Gasteiger partial charge is 0.216 e. The van der Waals surface area contributed by atoms with E-state index < -0.39 is 31.9 Å². The standard InChI is InChI=1S/C34H36NO/c1-8-34(9-2)27-13-11-10-12-25(27)31-28(34)17-16-24-23-15-14-21(5)30(32(23)36-33(24)31)29-18-26(20(3)4)22(6)19-35(29)7/h10-20H,8-9H2,1-7H3/q+1/i1D3,2D3,6D3,20D. The first-order chi connectivity index (χ1) is 21.1. The van der Waals surface area contributed by atoms with Gasteiger partial charge in [-0.25, -0.2) is 4.57 Å². The molecule has 0 aliphatic heterocycles. The Hall–Kier alpha value is -3.39. The highest BCUT2D eigenvalue weighted by atomic mass is 16.3. The van der Waals surface area contributed by atoms with Crippen LogP contribution in [0.1, 0.15) is 87.8 Å². The molecule has 0 amide bonds. The lowest BCUT2D eigenvalue weighted by molar-refractivity contribution is -0.660. The monoisotopic (exact) mass is 484 g/mol. The molecule has 0 atom stereocenters. The van der Waals surface area contributed by atoms with E-state index in [9.17, 15) is 0 Å². The summed E-state index contributed by atoms with van der Waals surface area (Å²) in [5.41, 5.74) is 5.36. The molecule has 0 unspecified atom stereocenters. The Morgan fingerprint density at radius 2 is 1.64 bits per heavy atom. The van der Waals surface area contributed by atoms with Crippen LogP contribution in [-0.2, 0) is 12.5 Å². The molecule has 0 saturated carbocycles. The molecule has 2 aromatic heterocycles. The topological polar surface area (TPSA) is 17.0 Å². The van der Waals surface area contributed by atoms with Crippen molar-refractivity contribution in [3.63, 3.8) is 0 Å². The minimum Gasteiger partial charge on any atom is -0.454 e. The molecule has 3 aromatic carbocycles. The summed E-state index contributed by atoms with van der Waals surface area (Å²) < 4.78 is 91.0. The first-order valence-corrected chi connectivity index (χ1v) is 12.3. The maximum atomic E-state index is 8.78. The third-order valence-corrected chi connectivity index (χ3v) is 7.92. The van der Waals surface area contributed by atoms with Gasteiger partial charge >= 0.3 is 0 Å². The second-order valence-corrected chi connectivity index (χ2v) is 10.2. The van der Waals surface area contributed by atoms with Crippen LogP contribution in [0.25, 0.3) is 44.3 Å². The van der Waals surface area contributed by atoms with E-state index in [-0.39, 0.29) is 18.4 Å². The Balaban J connectivity index is 1.70. The van der Waals surface area contributed by atoms with E-state index in [0.717, 1.165) is 27.5 Å². The fourth-order valence-electron chi connectivity index (χ4n) is 6.00. The van der Waals surface area contributed by atoms with Gasteiger partial charge in [-0.1, -0.05) is 76.1 Å². The first kappa shape index (κ1) is 14.4. The number of aromatic nitrogens is 1. The predicted octanol–water partition coefficient (Wildman–Crippen LogP) is 8.90. The summed E-state index contributed by atoms with van der Waals surface area (Å²) in [6, 6.07) is 16.8. The van der Waals surface area contributed by atoms with Crippen molar-refractivity contribution < 1.29 is 22.7 Å².